The molecule has 2 aromatic rings. The molecule has 1 fully saturated rings. The molecule has 0 spiro atoms. The summed E-state index contributed by atoms with van der Waals surface area (Å²) in [4.78, 5) is 16.2. The number of nitrogens with one attached hydrogen (secondary N) is 1. The maximum atomic E-state index is 12.5. The van der Waals surface area contributed by atoms with E-state index in [1.54, 1.807) is 32.7 Å². The van der Waals surface area contributed by atoms with Crippen molar-refractivity contribution in [1.29, 1.82) is 0 Å². The molecule has 0 saturated carbocycles. The van der Waals surface area contributed by atoms with Crippen molar-refractivity contribution in [3.63, 3.8) is 0 Å². The molecule has 23 heavy (non-hydrogen) atoms. The molecule has 0 aromatic carbocycles. The molecule has 2 aromatic heterocycles. The highest BCUT2D eigenvalue weighted by Gasteiger charge is 2.37. The van der Waals surface area contributed by atoms with E-state index in [-0.39, 0.29) is 6.04 Å². The smallest absolute Gasteiger partial charge is 0.282 e. The fourth-order valence-electron chi connectivity index (χ4n) is 2.72. The summed E-state index contributed by atoms with van der Waals surface area (Å²) in [5.41, 5.74) is 2.20. The first-order valence-corrected chi connectivity index (χ1v) is 8.82. The Balaban J connectivity index is 1.95. The van der Waals surface area contributed by atoms with Crippen molar-refractivity contribution in [2.45, 2.75) is 25.8 Å². The number of imidazole rings is 1. The first kappa shape index (κ1) is 16.0. The lowest BCUT2D eigenvalue weighted by atomic mass is 10.1. The topological polar surface area (TPSA) is 95.1 Å². The molecule has 3 heterocycles. The number of rotatable bonds is 4. The van der Waals surface area contributed by atoms with Crippen LogP contribution in [-0.2, 0) is 10.2 Å². The van der Waals surface area contributed by atoms with Gasteiger partial charge >= 0.3 is 0 Å². The minimum Gasteiger partial charge on any atom is -0.341 e. The minimum atomic E-state index is -3.47. The average Bonchev–Trinajstić information content (AvgIpc) is 3.16. The summed E-state index contributed by atoms with van der Waals surface area (Å²) in [6.45, 7) is 2.41. The van der Waals surface area contributed by atoms with Crippen LogP contribution in [0.5, 0.6) is 0 Å². The highest BCUT2D eigenvalue weighted by atomic mass is 32.2. The van der Waals surface area contributed by atoms with Crippen molar-refractivity contribution >= 4 is 10.2 Å². The lowest BCUT2D eigenvalue weighted by molar-refractivity contribution is 0.357. The molecular formula is C14H20N6O2S. The van der Waals surface area contributed by atoms with Crippen molar-refractivity contribution in [1.82, 2.24) is 28.5 Å². The quantitative estimate of drug-likeness (QED) is 0.903. The van der Waals surface area contributed by atoms with Gasteiger partial charge in [-0.1, -0.05) is 0 Å². The maximum Gasteiger partial charge on any atom is 0.282 e. The predicted molar refractivity (Wildman–Crippen MR) is 85.6 cm³/mol. The second kappa shape index (κ2) is 5.99. The van der Waals surface area contributed by atoms with Crippen molar-refractivity contribution < 1.29 is 8.42 Å². The Morgan fingerprint density at radius 1 is 1.30 bits per heavy atom. The van der Waals surface area contributed by atoms with Crippen LogP contribution in [0.3, 0.4) is 0 Å². The van der Waals surface area contributed by atoms with Crippen LogP contribution in [0.1, 0.15) is 30.3 Å². The molecule has 1 saturated heterocycles. The van der Waals surface area contributed by atoms with E-state index in [2.05, 4.69) is 19.9 Å². The zero-order valence-corrected chi connectivity index (χ0v) is 14.2. The molecule has 0 unspecified atom stereocenters. The Labute approximate surface area is 135 Å². The fourth-order valence-corrected chi connectivity index (χ4v) is 4.03. The van der Waals surface area contributed by atoms with Gasteiger partial charge in [0.25, 0.3) is 10.2 Å². The van der Waals surface area contributed by atoms with Gasteiger partial charge in [0.2, 0.25) is 0 Å². The Morgan fingerprint density at radius 2 is 2.09 bits per heavy atom. The summed E-state index contributed by atoms with van der Waals surface area (Å²) in [6.07, 6.45) is 6.53. The van der Waals surface area contributed by atoms with Gasteiger partial charge in [-0.3, -0.25) is 4.98 Å². The van der Waals surface area contributed by atoms with Gasteiger partial charge in [-0.2, -0.15) is 17.0 Å². The van der Waals surface area contributed by atoms with E-state index in [0.29, 0.717) is 23.8 Å². The van der Waals surface area contributed by atoms with Crippen LogP contribution in [0, 0.1) is 6.92 Å². The molecule has 9 heteroatoms. The summed E-state index contributed by atoms with van der Waals surface area (Å²) >= 11 is 0. The van der Waals surface area contributed by atoms with Crippen LogP contribution in [0.4, 0.5) is 0 Å². The van der Waals surface area contributed by atoms with Crippen LogP contribution < -0.4 is 0 Å². The SMILES string of the molecule is Cc1cnc(-c2cncc([C@@H]3CCCN3S(=O)(=O)N(C)C)n2)[nH]1. The zero-order chi connectivity index (χ0) is 16.6. The number of hydrogen-bond acceptors (Lipinski definition) is 5. The standard InChI is InChI=1S/C14H20N6O2S/c1-10-7-16-14(17-10)12-9-15-8-11(18-12)13-5-4-6-20(13)23(21,22)19(2)3/h7-9,13H,4-6H2,1-3H3,(H,16,17)/t13-/m0/s1. The van der Waals surface area contributed by atoms with Crippen molar-refractivity contribution in [2.75, 3.05) is 20.6 Å². The summed E-state index contributed by atoms with van der Waals surface area (Å²) < 4.78 is 27.6. The average molecular weight is 336 g/mol. The molecule has 1 N–H and O–H groups in total. The van der Waals surface area contributed by atoms with Crippen molar-refractivity contribution in [3.8, 4) is 11.5 Å². The van der Waals surface area contributed by atoms with Gasteiger partial charge in [0, 0.05) is 32.5 Å². The minimum absolute atomic E-state index is 0.286. The van der Waals surface area contributed by atoms with E-state index < -0.39 is 10.2 Å². The molecule has 0 radical (unpaired) electrons. The second-order valence-corrected chi connectivity index (χ2v) is 7.90. The number of H-pyrrole nitrogens is 1. The number of aromatic amines is 1. The van der Waals surface area contributed by atoms with Crippen molar-refractivity contribution in [2.24, 2.45) is 0 Å². The third-order valence-electron chi connectivity index (χ3n) is 3.90. The highest BCUT2D eigenvalue weighted by molar-refractivity contribution is 7.86. The molecule has 0 amide bonds. The first-order chi connectivity index (χ1) is 10.9. The van der Waals surface area contributed by atoms with E-state index in [1.807, 2.05) is 6.92 Å². The van der Waals surface area contributed by atoms with E-state index in [1.165, 1.54) is 8.61 Å². The number of hydrogen-bond donors (Lipinski definition) is 1. The number of aryl methyl sites for hydroxylation is 1. The molecule has 1 aliphatic heterocycles. The first-order valence-electron chi connectivity index (χ1n) is 7.43. The lowest BCUT2D eigenvalue weighted by Gasteiger charge is -2.26. The van der Waals surface area contributed by atoms with Gasteiger partial charge in [-0.15, -0.1) is 0 Å². The molecule has 0 aliphatic carbocycles. The Morgan fingerprint density at radius 3 is 2.74 bits per heavy atom. The Hall–Kier alpha value is -1.84. The van der Waals surface area contributed by atoms with Crippen LogP contribution in [-0.4, -0.2) is 57.6 Å². The van der Waals surface area contributed by atoms with Gasteiger partial charge in [0.15, 0.2) is 5.82 Å². The summed E-state index contributed by atoms with van der Waals surface area (Å²) in [5.74, 6) is 0.636. The molecule has 8 nitrogen and oxygen atoms in total. The zero-order valence-electron chi connectivity index (χ0n) is 13.4. The predicted octanol–water partition coefficient (Wildman–Crippen LogP) is 1.12. The van der Waals surface area contributed by atoms with E-state index >= 15 is 0 Å². The van der Waals surface area contributed by atoms with E-state index in [9.17, 15) is 8.42 Å². The molecule has 1 atom stereocenters. The molecule has 1 aliphatic rings. The third kappa shape index (κ3) is 2.99. The van der Waals surface area contributed by atoms with Crippen LogP contribution in [0.15, 0.2) is 18.6 Å². The van der Waals surface area contributed by atoms with Gasteiger partial charge in [0.1, 0.15) is 5.69 Å². The highest BCUT2D eigenvalue weighted by Crippen LogP contribution is 2.34. The third-order valence-corrected chi connectivity index (χ3v) is 5.85. The molecule has 0 bridgehead atoms. The number of aromatic nitrogens is 4. The van der Waals surface area contributed by atoms with E-state index in [4.69, 9.17) is 0 Å². The van der Waals surface area contributed by atoms with Crippen LogP contribution >= 0.6 is 0 Å². The van der Waals surface area contributed by atoms with Crippen LogP contribution in [0.2, 0.25) is 0 Å². The summed E-state index contributed by atoms with van der Waals surface area (Å²) in [6, 6.07) is -0.286. The number of nitrogens with zero attached hydrogens (tertiary/aromatic N) is 5. The summed E-state index contributed by atoms with van der Waals surface area (Å²) in [5, 5.41) is 0. The van der Waals surface area contributed by atoms with Gasteiger partial charge < -0.3 is 4.98 Å². The molecule has 3 rings (SSSR count). The van der Waals surface area contributed by atoms with Crippen molar-refractivity contribution in [3.05, 3.63) is 30.0 Å². The largest absolute Gasteiger partial charge is 0.341 e. The summed E-state index contributed by atoms with van der Waals surface area (Å²) in [7, 11) is -0.392. The molecule has 124 valence electrons. The lowest BCUT2D eigenvalue weighted by Crippen LogP contribution is -2.39. The Kier molecular flexibility index (Phi) is 4.17. The Bertz CT molecular complexity index is 801. The van der Waals surface area contributed by atoms with E-state index in [0.717, 1.165) is 18.5 Å². The van der Waals surface area contributed by atoms with Gasteiger partial charge in [0.05, 0.1) is 24.1 Å². The fraction of sp³-hybridized carbons (Fsp3) is 0.500. The van der Waals surface area contributed by atoms with Gasteiger partial charge in [-0.05, 0) is 19.8 Å². The molecular weight excluding hydrogens is 316 g/mol. The normalized spacial score (nSPS) is 19.6. The van der Waals surface area contributed by atoms with Crippen LogP contribution in [0.25, 0.3) is 11.5 Å². The van der Waals surface area contributed by atoms with Gasteiger partial charge in [-0.25, -0.2) is 9.97 Å². The maximum absolute atomic E-state index is 12.5. The monoisotopic (exact) mass is 336 g/mol. The second-order valence-electron chi connectivity index (χ2n) is 5.80.